The van der Waals surface area contributed by atoms with Crippen LogP contribution in [0, 0.1) is 0 Å². The van der Waals surface area contributed by atoms with Crippen molar-refractivity contribution in [3.05, 3.63) is 141 Å². The van der Waals surface area contributed by atoms with Crippen LogP contribution in [-0.4, -0.2) is 23.1 Å². The average Bonchev–Trinajstić information content (AvgIpc) is 3.54. The monoisotopic (exact) mass is 682 g/mol. The van der Waals surface area contributed by atoms with E-state index in [1.54, 1.807) is 60.7 Å². The van der Waals surface area contributed by atoms with Gasteiger partial charge in [0.2, 0.25) is 5.88 Å². The van der Waals surface area contributed by atoms with Gasteiger partial charge < -0.3 is 9.67 Å². The number of nitrogens with zero attached hydrogens (tertiary/aromatic N) is 2. The van der Waals surface area contributed by atoms with Crippen molar-refractivity contribution in [3.63, 3.8) is 0 Å². The van der Waals surface area contributed by atoms with Gasteiger partial charge in [-0.25, -0.2) is 9.71 Å². The highest BCUT2D eigenvalue weighted by atomic mass is 35.5. The van der Waals surface area contributed by atoms with E-state index in [1.165, 1.54) is 6.07 Å². The van der Waals surface area contributed by atoms with Crippen LogP contribution in [0.15, 0.2) is 103 Å². The third-order valence-electron chi connectivity index (χ3n) is 7.17. The summed E-state index contributed by atoms with van der Waals surface area (Å²) in [6.45, 7) is 0.391. The number of aliphatic hydroxyl groups is 1. The van der Waals surface area contributed by atoms with E-state index in [0.29, 0.717) is 50.4 Å². The number of halogens is 5. The highest BCUT2D eigenvalue weighted by Gasteiger charge is 2.30. The molecule has 0 fully saturated rings. The van der Waals surface area contributed by atoms with Crippen LogP contribution in [0.4, 0.5) is 13.2 Å². The Morgan fingerprint density at radius 3 is 2.22 bits per heavy atom. The molecule has 0 unspecified atom stereocenters. The van der Waals surface area contributed by atoms with Gasteiger partial charge in [-0.15, -0.1) is 0 Å². The Hall–Kier alpha value is -4.71. The molecule has 46 heavy (non-hydrogen) atoms. The molecule has 0 radical (unpaired) electrons. The molecule has 13 heteroatoms. The summed E-state index contributed by atoms with van der Waals surface area (Å²) in [5.74, 6) is 0.113. The summed E-state index contributed by atoms with van der Waals surface area (Å²) in [5, 5.41) is 10.9. The molecule has 4 aromatic carbocycles. The van der Waals surface area contributed by atoms with Crippen molar-refractivity contribution in [2.24, 2.45) is 0 Å². The van der Waals surface area contributed by atoms with Gasteiger partial charge in [-0.1, -0.05) is 89.9 Å². The van der Waals surface area contributed by atoms with Gasteiger partial charge in [-0.3, -0.25) is 4.72 Å². The fourth-order valence-electron chi connectivity index (χ4n) is 4.91. The first-order valence-corrected chi connectivity index (χ1v) is 15.9. The van der Waals surface area contributed by atoms with Crippen molar-refractivity contribution in [2.45, 2.75) is 12.7 Å². The lowest BCUT2D eigenvalue weighted by molar-refractivity contribution is -0.137. The molecular weight excluding hydrogens is 660 g/mol. The maximum Gasteiger partial charge on any atom is 0.416 e. The van der Waals surface area contributed by atoms with Crippen LogP contribution >= 0.6 is 23.2 Å². The summed E-state index contributed by atoms with van der Waals surface area (Å²) >= 11 is 12.6. The van der Waals surface area contributed by atoms with Crippen LogP contribution in [0.5, 0.6) is 0 Å². The fraction of sp³-hybridized carbons (Fsp3) is 0.0606. The number of aliphatic hydroxyl groups excluding tert-OH is 1. The molecule has 1 aliphatic heterocycles. The molecule has 0 saturated heterocycles. The molecule has 3 N–H and O–H groups in total. The van der Waals surface area contributed by atoms with Gasteiger partial charge in [-0.05, 0) is 58.7 Å². The Bertz CT molecular complexity index is 2110. The van der Waals surface area contributed by atoms with E-state index in [1.807, 2.05) is 39.8 Å². The zero-order valence-electron chi connectivity index (χ0n) is 23.6. The topological polar surface area (TPSA) is 96.3 Å². The highest BCUT2D eigenvalue weighted by Crippen LogP contribution is 2.33. The molecule has 6 rings (SSSR count). The predicted octanol–water partition coefficient (Wildman–Crippen LogP) is 8.38. The Morgan fingerprint density at radius 1 is 0.848 bits per heavy atom. The minimum Gasteiger partial charge on any atom is -0.493 e. The van der Waals surface area contributed by atoms with E-state index in [2.05, 4.69) is 4.72 Å². The number of benzene rings is 4. The van der Waals surface area contributed by atoms with E-state index in [9.17, 15) is 26.7 Å². The number of aromatic nitrogens is 2. The third kappa shape index (κ3) is 6.91. The van der Waals surface area contributed by atoms with Crippen molar-refractivity contribution >= 4 is 51.3 Å². The van der Waals surface area contributed by atoms with Gasteiger partial charge in [0, 0.05) is 28.9 Å². The van der Waals surface area contributed by atoms with Gasteiger partial charge in [0.25, 0.3) is 0 Å². The molecule has 0 saturated carbocycles. The van der Waals surface area contributed by atoms with Crippen LogP contribution < -0.4 is 9.44 Å². The highest BCUT2D eigenvalue weighted by molar-refractivity contribution is 7.88. The molecule has 5 aromatic rings. The lowest BCUT2D eigenvalue weighted by Crippen LogP contribution is -2.25. The van der Waals surface area contributed by atoms with Crippen molar-refractivity contribution < 1.29 is 26.7 Å². The lowest BCUT2D eigenvalue weighted by Gasteiger charge is -2.09. The van der Waals surface area contributed by atoms with Crippen molar-refractivity contribution in [1.29, 1.82) is 0 Å². The van der Waals surface area contributed by atoms with Crippen molar-refractivity contribution in [1.82, 2.24) is 19.0 Å². The molecule has 1 aliphatic rings. The fourth-order valence-corrected chi connectivity index (χ4v) is 6.30. The summed E-state index contributed by atoms with van der Waals surface area (Å²) in [6.07, 6.45) is 1.09. The summed E-state index contributed by atoms with van der Waals surface area (Å²) in [4.78, 5) is 4.80. The molecule has 0 spiro atoms. The predicted molar refractivity (Wildman–Crippen MR) is 174 cm³/mol. The molecule has 0 atom stereocenters. The van der Waals surface area contributed by atoms with Crippen LogP contribution in [-0.2, 0) is 22.9 Å². The summed E-state index contributed by atoms with van der Waals surface area (Å²) in [6, 6.07) is 24.4. The Kier molecular flexibility index (Phi) is 8.32. The summed E-state index contributed by atoms with van der Waals surface area (Å²) in [7, 11) is -3.84. The first-order chi connectivity index (χ1) is 21.8. The van der Waals surface area contributed by atoms with E-state index in [4.69, 9.17) is 28.2 Å². The second kappa shape index (κ2) is 12.2. The average molecular weight is 684 g/mol. The number of imidazole rings is 1. The first kappa shape index (κ1) is 31.3. The summed E-state index contributed by atoms with van der Waals surface area (Å²) < 4.78 is 69.2. The third-order valence-corrected chi connectivity index (χ3v) is 8.66. The Balaban J connectivity index is 1.28. The quantitative estimate of drug-likeness (QED) is 0.161. The van der Waals surface area contributed by atoms with Crippen LogP contribution in [0.1, 0.15) is 28.1 Å². The standard InChI is InChI=1S/C33H23Cl2F3N4O3S/c34-26-13-14-27(28(35)17-26)29-19-42(18-21-6-11-23(12-7-21)31-32(43)41-46(44,45)40-31)30(39-29)15-8-20-4-9-22(10-5-20)24-2-1-3-25(16-24)33(36,37)38/h1-17,19,40-41,43H,18H2. The molecule has 1 aromatic heterocycles. The molecule has 0 aliphatic carbocycles. The van der Waals surface area contributed by atoms with Gasteiger partial charge >= 0.3 is 16.4 Å². The van der Waals surface area contributed by atoms with Gasteiger partial charge in [0.05, 0.1) is 16.3 Å². The number of hydrogen-bond donors (Lipinski definition) is 3. The normalized spacial score (nSPS) is 14.5. The SMILES string of the molecule is O=S1(=O)NC(O)=C(c2ccc(Cn3cc(-c4ccc(Cl)cc4Cl)nc3C=Cc3ccc(-c4cccc(C(F)(F)F)c4)cc3)cc2)N1. The molecular formula is C33H23Cl2F3N4O3S. The van der Waals surface area contributed by atoms with Crippen molar-refractivity contribution in [2.75, 3.05) is 0 Å². The molecule has 2 heterocycles. The van der Waals surface area contributed by atoms with E-state index in [-0.39, 0.29) is 5.70 Å². The number of nitrogens with one attached hydrogen (secondary N) is 2. The second-order valence-electron chi connectivity index (χ2n) is 10.4. The van der Waals surface area contributed by atoms with Crippen molar-refractivity contribution in [3.8, 4) is 22.4 Å². The maximum absolute atomic E-state index is 13.2. The van der Waals surface area contributed by atoms with Crippen LogP contribution in [0.2, 0.25) is 10.0 Å². The molecule has 0 bridgehead atoms. The zero-order valence-corrected chi connectivity index (χ0v) is 25.9. The minimum absolute atomic E-state index is 0.0524. The molecule has 234 valence electrons. The largest absolute Gasteiger partial charge is 0.493 e. The smallest absolute Gasteiger partial charge is 0.416 e. The van der Waals surface area contributed by atoms with E-state index in [0.717, 1.165) is 23.3 Å². The number of alkyl halides is 3. The Labute approximate surface area is 272 Å². The number of hydrogen-bond acceptors (Lipinski definition) is 4. The van der Waals surface area contributed by atoms with Crippen LogP contribution in [0.3, 0.4) is 0 Å². The van der Waals surface area contributed by atoms with Crippen LogP contribution in [0.25, 0.3) is 40.2 Å². The Morgan fingerprint density at radius 2 is 1.57 bits per heavy atom. The summed E-state index contributed by atoms with van der Waals surface area (Å²) in [5.41, 5.74) is 3.90. The lowest BCUT2D eigenvalue weighted by atomic mass is 10.0. The molecule has 7 nitrogen and oxygen atoms in total. The minimum atomic E-state index is -4.42. The molecule has 0 amide bonds. The van der Waals surface area contributed by atoms with Gasteiger partial charge in [0.15, 0.2) is 0 Å². The first-order valence-electron chi connectivity index (χ1n) is 13.7. The van der Waals surface area contributed by atoms with E-state index < -0.39 is 27.8 Å². The number of rotatable bonds is 7. The van der Waals surface area contributed by atoms with Gasteiger partial charge in [0.1, 0.15) is 11.5 Å². The van der Waals surface area contributed by atoms with Gasteiger partial charge in [-0.2, -0.15) is 21.6 Å². The van der Waals surface area contributed by atoms with E-state index >= 15 is 0 Å². The zero-order chi connectivity index (χ0) is 32.6. The second-order valence-corrected chi connectivity index (χ2v) is 12.7. The maximum atomic E-state index is 13.2.